The van der Waals surface area contributed by atoms with Crippen LogP contribution in [0.15, 0.2) is 53.8 Å². The number of halogens is 3. The summed E-state index contributed by atoms with van der Waals surface area (Å²) in [4.78, 5) is 3.73. The molecule has 0 unspecified atom stereocenters. The van der Waals surface area contributed by atoms with Gasteiger partial charge < -0.3 is 4.57 Å². The Hall–Kier alpha value is -3.09. The third kappa shape index (κ3) is 4.19. The highest BCUT2D eigenvalue weighted by atomic mass is 19.4. The predicted octanol–water partition coefficient (Wildman–Crippen LogP) is 5.26. The Morgan fingerprint density at radius 2 is 1.74 bits per heavy atom. The second kappa shape index (κ2) is 7.26. The number of hydrogen-bond acceptors (Lipinski definition) is 3. The number of anilines is 1. The molecule has 27 heavy (non-hydrogen) atoms. The first-order chi connectivity index (χ1) is 12.8. The number of benzene rings is 1. The third-order valence-electron chi connectivity index (χ3n) is 4.24. The van der Waals surface area contributed by atoms with Crippen molar-refractivity contribution in [1.82, 2.24) is 9.55 Å². The minimum Gasteiger partial charge on any atom is -0.318 e. The molecule has 0 saturated heterocycles. The zero-order valence-electron chi connectivity index (χ0n) is 15.2. The molecule has 0 amide bonds. The molecule has 0 atom stereocenters. The van der Waals surface area contributed by atoms with E-state index >= 15 is 0 Å². The Labute approximate surface area is 155 Å². The van der Waals surface area contributed by atoms with Crippen LogP contribution in [-0.2, 0) is 6.18 Å². The fraction of sp³-hybridized carbons (Fsp3) is 0.200. The fourth-order valence-corrected chi connectivity index (χ4v) is 2.81. The summed E-state index contributed by atoms with van der Waals surface area (Å²) < 4.78 is 39.8. The number of rotatable bonds is 4. The Kier molecular flexibility index (Phi) is 5.03. The average molecular weight is 372 g/mol. The lowest BCUT2D eigenvalue weighted by Crippen LogP contribution is -2.05. The molecule has 2 heterocycles. The Bertz CT molecular complexity index is 953. The Morgan fingerprint density at radius 3 is 2.33 bits per heavy atom. The van der Waals surface area contributed by atoms with Crippen LogP contribution in [0.1, 0.15) is 28.1 Å². The van der Waals surface area contributed by atoms with Crippen molar-refractivity contribution in [2.45, 2.75) is 26.9 Å². The molecular formula is C20H19F3N4. The van der Waals surface area contributed by atoms with Crippen LogP contribution in [0.25, 0.3) is 5.69 Å². The van der Waals surface area contributed by atoms with Crippen molar-refractivity contribution in [3.05, 3.63) is 76.7 Å². The molecule has 1 aromatic carbocycles. The van der Waals surface area contributed by atoms with E-state index in [0.717, 1.165) is 34.9 Å². The molecular weight excluding hydrogens is 353 g/mol. The van der Waals surface area contributed by atoms with Gasteiger partial charge in [0.25, 0.3) is 0 Å². The van der Waals surface area contributed by atoms with Crippen molar-refractivity contribution in [2.75, 3.05) is 5.43 Å². The average Bonchev–Trinajstić information content (AvgIpc) is 2.89. The van der Waals surface area contributed by atoms with Gasteiger partial charge in [-0.2, -0.15) is 18.3 Å². The monoisotopic (exact) mass is 372 g/mol. The van der Waals surface area contributed by atoms with Gasteiger partial charge in [0.2, 0.25) is 0 Å². The van der Waals surface area contributed by atoms with Crippen LogP contribution in [0.2, 0.25) is 0 Å². The van der Waals surface area contributed by atoms with Crippen molar-refractivity contribution < 1.29 is 13.2 Å². The maximum atomic E-state index is 12.5. The summed E-state index contributed by atoms with van der Waals surface area (Å²) in [5, 5.41) is 4.09. The topological polar surface area (TPSA) is 42.2 Å². The predicted molar refractivity (Wildman–Crippen MR) is 100 cm³/mol. The molecule has 0 aliphatic heterocycles. The van der Waals surface area contributed by atoms with Gasteiger partial charge >= 0.3 is 6.18 Å². The van der Waals surface area contributed by atoms with Crippen molar-refractivity contribution in [1.29, 1.82) is 0 Å². The smallest absolute Gasteiger partial charge is 0.318 e. The summed E-state index contributed by atoms with van der Waals surface area (Å²) in [6.45, 7) is 6.04. The lowest BCUT2D eigenvalue weighted by molar-refractivity contribution is -0.137. The number of hydrazone groups is 1. The van der Waals surface area contributed by atoms with E-state index in [1.807, 2.05) is 26.8 Å². The van der Waals surface area contributed by atoms with Gasteiger partial charge in [0.15, 0.2) is 0 Å². The largest absolute Gasteiger partial charge is 0.417 e. The minimum absolute atomic E-state index is 0.242. The minimum atomic E-state index is -4.40. The molecule has 0 saturated carbocycles. The second-order valence-corrected chi connectivity index (χ2v) is 6.30. The number of alkyl halides is 3. The number of aromatic nitrogens is 2. The first kappa shape index (κ1) is 18.7. The third-order valence-corrected chi connectivity index (χ3v) is 4.24. The highest BCUT2D eigenvalue weighted by molar-refractivity contribution is 5.82. The lowest BCUT2D eigenvalue weighted by Gasteiger charge is -2.09. The lowest BCUT2D eigenvalue weighted by atomic mass is 10.2. The molecule has 4 nitrogen and oxygen atoms in total. The maximum Gasteiger partial charge on any atom is 0.417 e. The SMILES string of the molecule is Cc1ccc(-n2c(C)cc(/C=N/Nc3ccc(C(F)(F)F)cn3)c2C)cc1. The number of nitrogens with one attached hydrogen (secondary N) is 1. The molecule has 0 aliphatic rings. The van der Waals surface area contributed by atoms with E-state index in [9.17, 15) is 13.2 Å². The molecule has 0 bridgehead atoms. The van der Waals surface area contributed by atoms with E-state index in [-0.39, 0.29) is 5.82 Å². The summed E-state index contributed by atoms with van der Waals surface area (Å²) in [6.07, 6.45) is -1.99. The number of hydrogen-bond donors (Lipinski definition) is 1. The number of aryl methyl sites for hydroxylation is 2. The second-order valence-electron chi connectivity index (χ2n) is 6.30. The normalized spacial score (nSPS) is 11.9. The van der Waals surface area contributed by atoms with Crippen LogP contribution in [0, 0.1) is 20.8 Å². The van der Waals surface area contributed by atoms with Gasteiger partial charge in [0.05, 0.1) is 11.8 Å². The Balaban J connectivity index is 1.76. The first-order valence-corrected chi connectivity index (χ1v) is 8.34. The molecule has 0 aliphatic carbocycles. The first-order valence-electron chi connectivity index (χ1n) is 8.34. The highest BCUT2D eigenvalue weighted by Crippen LogP contribution is 2.28. The van der Waals surface area contributed by atoms with E-state index < -0.39 is 11.7 Å². The number of pyridine rings is 1. The van der Waals surface area contributed by atoms with Crippen molar-refractivity contribution in [3.63, 3.8) is 0 Å². The molecule has 0 spiro atoms. The van der Waals surface area contributed by atoms with Gasteiger partial charge in [0.1, 0.15) is 5.82 Å². The fourth-order valence-electron chi connectivity index (χ4n) is 2.81. The molecule has 1 N–H and O–H groups in total. The van der Waals surface area contributed by atoms with Crippen LogP contribution in [0.3, 0.4) is 0 Å². The van der Waals surface area contributed by atoms with Crippen LogP contribution in [0.4, 0.5) is 19.0 Å². The summed E-state index contributed by atoms with van der Waals surface area (Å²) in [6, 6.07) is 12.4. The summed E-state index contributed by atoms with van der Waals surface area (Å²) in [7, 11) is 0. The summed E-state index contributed by atoms with van der Waals surface area (Å²) >= 11 is 0. The van der Waals surface area contributed by atoms with E-state index in [1.165, 1.54) is 11.6 Å². The quantitative estimate of drug-likeness (QED) is 0.501. The zero-order valence-corrected chi connectivity index (χ0v) is 15.2. The van der Waals surface area contributed by atoms with Gasteiger partial charge in [-0.1, -0.05) is 17.7 Å². The van der Waals surface area contributed by atoms with Crippen LogP contribution in [0.5, 0.6) is 0 Å². The van der Waals surface area contributed by atoms with Crippen molar-refractivity contribution >= 4 is 12.0 Å². The van der Waals surface area contributed by atoms with E-state index in [2.05, 4.69) is 44.3 Å². The maximum absolute atomic E-state index is 12.5. The molecule has 3 rings (SSSR count). The van der Waals surface area contributed by atoms with Gasteiger partial charge in [-0.15, -0.1) is 0 Å². The molecule has 140 valence electrons. The molecule has 2 aromatic heterocycles. The van der Waals surface area contributed by atoms with Crippen molar-refractivity contribution in [2.24, 2.45) is 5.10 Å². The van der Waals surface area contributed by atoms with Crippen LogP contribution < -0.4 is 5.43 Å². The molecule has 7 heteroatoms. The molecule has 0 radical (unpaired) electrons. The molecule has 3 aromatic rings. The Morgan fingerprint density at radius 1 is 1.04 bits per heavy atom. The summed E-state index contributed by atoms with van der Waals surface area (Å²) in [5.74, 6) is 0.242. The van der Waals surface area contributed by atoms with Crippen LogP contribution >= 0.6 is 0 Å². The van der Waals surface area contributed by atoms with E-state index in [1.54, 1.807) is 6.21 Å². The highest BCUT2D eigenvalue weighted by Gasteiger charge is 2.30. The van der Waals surface area contributed by atoms with E-state index in [0.29, 0.717) is 0 Å². The van der Waals surface area contributed by atoms with Crippen LogP contribution in [-0.4, -0.2) is 15.8 Å². The number of nitrogens with zero attached hydrogens (tertiary/aromatic N) is 3. The van der Waals surface area contributed by atoms with Gasteiger partial charge in [-0.05, 0) is 51.1 Å². The molecule has 0 fully saturated rings. The summed E-state index contributed by atoms with van der Waals surface area (Å²) in [5.41, 5.74) is 7.10. The van der Waals surface area contributed by atoms with Gasteiger partial charge in [-0.25, -0.2) is 4.98 Å². The van der Waals surface area contributed by atoms with E-state index in [4.69, 9.17) is 0 Å². The van der Waals surface area contributed by atoms with Crippen molar-refractivity contribution in [3.8, 4) is 5.69 Å². The zero-order chi connectivity index (χ0) is 19.6. The van der Waals surface area contributed by atoms with Gasteiger partial charge in [-0.3, -0.25) is 5.43 Å². The standard InChI is InChI=1S/C20H19F3N4/c1-13-4-7-18(8-5-13)27-14(2)10-16(15(27)3)11-25-26-19-9-6-17(12-24-19)20(21,22)23/h4-12H,1-3H3,(H,24,26)/b25-11+. The van der Waals surface area contributed by atoms with Gasteiger partial charge in [0, 0.05) is 28.8 Å².